The Kier molecular flexibility index (Phi) is 3.41. The molecule has 0 saturated carbocycles. The Bertz CT molecular complexity index is 254. The molecule has 0 spiro atoms. The number of rotatable bonds is 3. The van der Waals surface area contributed by atoms with E-state index in [9.17, 15) is 0 Å². The van der Waals surface area contributed by atoms with Crippen LogP contribution in [-0.4, -0.2) is 19.7 Å². The second-order valence-electron chi connectivity index (χ2n) is 3.74. The van der Waals surface area contributed by atoms with Gasteiger partial charge in [-0.05, 0) is 30.9 Å². The van der Waals surface area contributed by atoms with E-state index in [1.807, 2.05) is 30.3 Å². The van der Waals surface area contributed by atoms with E-state index in [4.69, 9.17) is 4.74 Å². The van der Waals surface area contributed by atoms with Gasteiger partial charge in [-0.2, -0.15) is 0 Å². The number of benzene rings is 1. The van der Waals surface area contributed by atoms with Crippen molar-refractivity contribution in [2.45, 2.75) is 12.8 Å². The number of hydrogen-bond acceptors (Lipinski definition) is 1. The quantitative estimate of drug-likeness (QED) is 0.715. The smallest absolute Gasteiger partial charge is 0.119 e. The first-order chi connectivity index (χ1) is 6.95. The summed E-state index contributed by atoms with van der Waals surface area (Å²) >= 11 is 0. The van der Waals surface area contributed by atoms with E-state index in [2.05, 4.69) is 5.32 Å². The monoisotopic (exact) mass is 190 g/mol. The zero-order valence-corrected chi connectivity index (χ0v) is 8.36. The molecule has 14 heavy (non-hydrogen) atoms. The summed E-state index contributed by atoms with van der Waals surface area (Å²) in [5, 5.41) is 4.33. The lowest BCUT2D eigenvalue weighted by molar-refractivity contribution is 0.214. The summed E-state index contributed by atoms with van der Waals surface area (Å²) in [7, 11) is 0. The standard InChI is InChI=1S/C12H16NO/c1-2-4-12(5-3-1)14-10-11-6-8-13-9-7-11/h1-5,11H,6-10H2. The maximum absolute atomic E-state index is 5.70. The van der Waals surface area contributed by atoms with Crippen molar-refractivity contribution >= 4 is 0 Å². The predicted octanol–water partition coefficient (Wildman–Crippen LogP) is 2.08. The van der Waals surface area contributed by atoms with Crippen molar-refractivity contribution in [1.82, 2.24) is 5.32 Å². The average Bonchev–Trinajstić information content (AvgIpc) is 2.29. The van der Waals surface area contributed by atoms with E-state index in [1.54, 1.807) is 0 Å². The minimum Gasteiger partial charge on any atom is -0.493 e. The maximum Gasteiger partial charge on any atom is 0.119 e. The highest BCUT2D eigenvalue weighted by Crippen LogP contribution is 2.15. The Morgan fingerprint density at radius 3 is 2.57 bits per heavy atom. The van der Waals surface area contributed by atoms with E-state index in [1.165, 1.54) is 12.8 Å². The van der Waals surface area contributed by atoms with Crippen LogP contribution < -0.4 is 10.1 Å². The van der Waals surface area contributed by atoms with E-state index < -0.39 is 0 Å². The molecule has 1 aliphatic rings. The van der Waals surface area contributed by atoms with Crippen molar-refractivity contribution in [3.05, 3.63) is 30.3 Å². The van der Waals surface area contributed by atoms with Gasteiger partial charge in [-0.3, -0.25) is 0 Å². The second-order valence-corrected chi connectivity index (χ2v) is 3.74. The number of para-hydroxylation sites is 1. The molecule has 1 heterocycles. The third-order valence-corrected chi connectivity index (χ3v) is 2.62. The fourth-order valence-electron chi connectivity index (χ4n) is 1.70. The summed E-state index contributed by atoms with van der Waals surface area (Å²) in [6, 6.07) is 10.0. The van der Waals surface area contributed by atoms with Gasteiger partial charge in [0.25, 0.3) is 0 Å². The third-order valence-electron chi connectivity index (χ3n) is 2.62. The largest absolute Gasteiger partial charge is 0.493 e. The van der Waals surface area contributed by atoms with Crippen molar-refractivity contribution in [2.24, 2.45) is 5.92 Å². The molecule has 0 bridgehead atoms. The van der Waals surface area contributed by atoms with Crippen molar-refractivity contribution in [2.75, 3.05) is 19.7 Å². The Hall–Kier alpha value is -1.02. The Morgan fingerprint density at radius 2 is 1.86 bits per heavy atom. The van der Waals surface area contributed by atoms with E-state index in [-0.39, 0.29) is 0 Å². The average molecular weight is 190 g/mol. The molecular formula is C12H16NO. The summed E-state index contributed by atoms with van der Waals surface area (Å²) in [5.41, 5.74) is 0. The number of ether oxygens (including phenoxy) is 1. The van der Waals surface area contributed by atoms with Crippen LogP contribution in [0.4, 0.5) is 0 Å². The lowest BCUT2D eigenvalue weighted by Crippen LogP contribution is -2.26. The van der Waals surface area contributed by atoms with Crippen LogP contribution in [-0.2, 0) is 0 Å². The van der Waals surface area contributed by atoms with Crippen molar-refractivity contribution in [1.29, 1.82) is 0 Å². The van der Waals surface area contributed by atoms with Crippen molar-refractivity contribution in [3.63, 3.8) is 0 Å². The number of hydrogen-bond donors (Lipinski definition) is 0. The molecule has 0 N–H and O–H groups in total. The molecule has 0 aliphatic carbocycles. The van der Waals surface area contributed by atoms with Gasteiger partial charge >= 0.3 is 0 Å². The fourth-order valence-corrected chi connectivity index (χ4v) is 1.70. The van der Waals surface area contributed by atoms with Gasteiger partial charge in [0.1, 0.15) is 5.75 Å². The van der Waals surface area contributed by atoms with Crippen LogP contribution in [0.25, 0.3) is 0 Å². The third kappa shape index (κ3) is 2.74. The number of piperidine rings is 1. The maximum atomic E-state index is 5.70. The molecule has 2 nitrogen and oxygen atoms in total. The van der Waals surface area contributed by atoms with Crippen LogP contribution in [0.1, 0.15) is 12.8 Å². The van der Waals surface area contributed by atoms with E-state index in [0.717, 1.165) is 25.4 Å². The van der Waals surface area contributed by atoms with E-state index >= 15 is 0 Å². The highest BCUT2D eigenvalue weighted by molar-refractivity contribution is 5.20. The van der Waals surface area contributed by atoms with Gasteiger partial charge in [0.15, 0.2) is 0 Å². The summed E-state index contributed by atoms with van der Waals surface area (Å²) < 4.78 is 5.70. The van der Waals surface area contributed by atoms with Gasteiger partial charge in [-0.15, -0.1) is 0 Å². The summed E-state index contributed by atoms with van der Waals surface area (Å²) in [4.78, 5) is 0. The van der Waals surface area contributed by atoms with Crippen LogP contribution in [0.15, 0.2) is 30.3 Å². The highest BCUT2D eigenvalue weighted by atomic mass is 16.5. The molecule has 0 atom stereocenters. The van der Waals surface area contributed by atoms with Gasteiger partial charge in [0.2, 0.25) is 0 Å². The zero-order valence-electron chi connectivity index (χ0n) is 8.36. The van der Waals surface area contributed by atoms with Crippen LogP contribution in [0.2, 0.25) is 0 Å². The molecule has 75 valence electrons. The molecule has 1 aromatic rings. The summed E-state index contributed by atoms with van der Waals surface area (Å²) in [5.74, 6) is 1.68. The molecule has 1 fully saturated rings. The first-order valence-electron chi connectivity index (χ1n) is 5.26. The molecule has 2 rings (SSSR count). The fraction of sp³-hybridized carbons (Fsp3) is 0.500. The van der Waals surface area contributed by atoms with Crippen LogP contribution in [0, 0.1) is 5.92 Å². The summed E-state index contributed by atoms with van der Waals surface area (Å²) in [6.45, 7) is 2.88. The first-order valence-corrected chi connectivity index (χ1v) is 5.26. The molecule has 1 aliphatic heterocycles. The second kappa shape index (κ2) is 5.01. The minimum atomic E-state index is 0.702. The molecule has 1 radical (unpaired) electrons. The van der Waals surface area contributed by atoms with Crippen LogP contribution in [0.3, 0.4) is 0 Å². The van der Waals surface area contributed by atoms with Gasteiger partial charge < -0.3 is 4.74 Å². The molecule has 1 aromatic carbocycles. The highest BCUT2D eigenvalue weighted by Gasteiger charge is 2.13. The van der Waals surface area contributed by atoms with Crippen LogP contribution in [0.5, 0.6) is 5.75 Å². The Labute approximate surface area is 85.3 Å². The SMILES string of the molecule is c1ccc(OCC2CC[N]CC2)cc1. The topological polar surface area (TPSA) is 23.3 Å². The molecule has 0 unspecified atom stereocenters. The molecular weight excluding hydrogens is 174 g/mol. The predicted molar refractivity (Wildman–Crippen MR) is 56.5 cm³/mol. The zero-order chi connectivity index (χ0) is 9.64. The lowest BCUT2D eigenvalue weighted by Gasteiger charge is -2.21. The molecule has 0 amide bonds. The van der Waals surface area contributed by atoms with Crippen molar-refractivity contribution < 1.29 is 4.74 Å². The Morgan fingerprint density at radius 1 is 1.14 bits per heavy atom. The summed E-state index contributed by atoms with van der Waals surface area (Å²) in [6.07, 6.45) is 2.37. The van der Waals surface area contributed by atoms with Gasteiger partial charge in [-0.25, -0.2) is 5.32 Å². The van der Waals surface area contributed by atoms with Gasteiger partial charge in [-0.1, -0.05) is 18.2 Å². The first kappa shape index (κ1) is 9.53. The molecule has 0 aromatic heterocycles. The Balaban J connectivity index is 1.76. The molecule has 1 saturated heterocycles. The minimum absolute atomic E-state index is 0.702. The van der Waals surface area contributed by atoms with Gasteiger partial charge in [0, 0.05) is 13.1 Å². The van der Waals surface area contributed by atoms with Crippen molar-refractivity contribution in [3.8, 4) is 5.75 Å². The van der Waals surface area contributed by atoms with Crippen LogP contribution >= 0.6 is 0 Å². The molecule has 2 heteroatoms. The van der Waals surface area contributed by atoms with Gasteiger partial charge in [0.05, 0.1) is 6.61 Å². The van der Waals surface area contributed by atoms with E-state index in [0.29, 0.717) is 5.92 Å². The number of nitrogens with zero attached hydrogens (tertiary/aromatic N) is 1. The lowest BCUT2D eigenvalue weighted by atomic mass is 9.99. The normalized spacial score (nSPS) is 18.0.